The van der Waals surface area contributed by atoms with Crippen LogP contribution in [0.15, 0.2) is 54.6 Å². The molecule has 2 aromatic carbocycles. The number of carbonyl (C=O) groups excluding carboxylic acids is 1. The van der Waals surface area contributed by atoms with Crippen molar-refractivity contribution in [1.82, 2.24) is 25.5 Å². The number of thiocarbonyl (C=S) groups is 1. The number of aromatic nitrogens is 4. The summed E-state index contributed by atoms with van der Waals surface area (Å²) >= 11 is 5.15. The summed E-state index contributed by atoms with van der Waals surface area (Å²) in [6.45, 7) is 4.77. The minimum Gasteiger partial charge on any atom is -0.299 e. The van der Waals surface area contributed by atoms with Gasteiger partial charge in [0.1, 0.15) is 0 Å². The zero-order valence-electron chi connectivity index (χ0n) is 15.1. The highest BCUT2D eigenvalue weighted by molar-refractivity contribution is 7.80. The topological polar surface area (TPSA) is 84.7 Å². The maximum absolute atomic E-state index is 12.3. The van der Waals surface area contributed by atoms with Gasteiger partial charge in [0.2, 0.25) is 0 Å². The first-order valence-electron chi connectivity index (χ1n) is 8.57. The van der Waals surface area contributed by atoms with Crippen LogP contribution >= 0.6 is 12.2 Å². The molecule has 0 atom stereocenters. The van der Waals surface area contributed by atoms with Gasteiger partial charge in [-0.15, -0.1) is 5.10 Å². The van der Waals surface area contributed by atoms with Gasteiger partial charge in [-0.3, -0.25) is 15.4 Å². The van der Waals surface area contributed by atoms with Crippen LogP contribution in [0.3, 0.4) is 0 Å². The Balaban J connectivity index is 1.58. The zero-order chi connectivity index (χ0) is 19.2. The number of benzene rings is 2. The molecule has 1 heterocycles. The molecule has 0 aliphatic carbocycles. The molecule has 1 aromatic heterocycles. The number of carbonyl (C=O) groups is 1. The van der Waals surface area contributed by atoms with Crippen molar-refractivity contribution in [3.05, 3.63) is 60.2 Å². The fourth-order valence-electron chi connectivity index (χ4n) is 2.45. The normalized spacial score (nSPS) is 10.6. The third-order valence-corrected chi connectivity index (χ3v) is 3.89. The summed E-state index contributed by atoms with van der Waals surface area (Å²) in [5.41, 5.74) is 2.64. The third kappa shape index (κ3) is 5.18. The fraction of sp³-hybridized carbons (Fsp3) is 0.211. The molecule has 8 heteroatoms. The van der Waals surface area contributed by atoms with Gasteiger partial charge in [-0.2, -0.15) is 4.80 Å². The number of tetrazole rings is 1. The Bertz CT molecular complexity index is 921. The number of anilines is 1. The van der Waals surface area contributed by atoms with Crippen LogP contribution in [0.5, 0.6) is 0 Å². The van der Waals surface area contributed by atoms with Gasteiger partial charge in [-0.1, -0.05) is 61.4 Å². The molecule has 0 bridgehead atoms. The molecule has 0 aliphatic heterocycles. The van der Waals surface area contributed by atoms with Crippen LogP contribution in [0.25, 0.3) is 11.1 Å². The summed E-state index contributed by atoms with van der Waals surface area (Å²) in [5.74, 6) is 0.347. The van der Waals surface area contributed by atoms with Gasteiger partial charge in [-0.05, 0) is 46.6 Å². The molecular weight excluding hydrogens is 360 g/mol. The van der Waals surface area contributed by atoms with Crippen molar-refractivity contribution in [2.24, 2.45) is 5.92 Å². The average molecular weight is 380 g/mol. The molecule has 3 rings (SSSR count). The van der Waals surface area contributed by atoms with Gasteiger partial charge >= 0.3 is 0 Å². The van der Waals surface area contributed by atoms with E-state index in [1.165, 1.54) is 4.80 Å². The average Bonchev–Trinajstić information content (AvgIpc) is 3.08. The summed E-state index contributed by atoms with van der Waals surface area (Å²) in [5, 5.41) is 17.5. The van der Waals surface area contributed by atoms with E-state index in [0.29, 0.717) is 18.0 Å². The molecular formula is C19H20N6OS. The predicted molar refractivity (Wildman–Crippen MR) is 108 cm³/mol. The Kier molecular flexibility index (Phi) is 5.87. The molecule has 138 valence electrons. The molecule has 1 amide bonds. The third-order valence-electron chi connectivity index (χ3n) is 3.69. The largest absolute Gasteiger partial charge is 0.299 e. The Morgan fingerprint density at radius 2 is 1.74 bits per heavy atom. The molecule has 0 unspecified atom stereocenters. The molecule has 0 aliphatic rings. The van der Waals surface area contributed by atoms with E-state index in [-0.39, 0.29) is 17.0 Å². The molecule has 3 aromatic rings. The lowest BCUT2D eigenvalue weighted by molar-refractivity contribution is 0.0978. The molecule has 2 N–H and O–H groups in total. The quantitative estimate of drug-likeness (QED) is 0.662. The van der Waals surface area contributed by atoms with Crippen LogP contribution in [0, 0.1) is 5.92 Å². The highest BCUT2D eigenvalue weighted by Crippen LogP contribution is 2.19. The van der Waals surface area contributed by atoms with Crippen LogP contribution in [0.1, 0.15) is 24.2 Å². The van der Waals surface area contributed by atoms with Crippen LogP contribution < -0.4 is 10.6 Å². The minimum atomic E-state index is -0.304. The van der Waals surface area contributed by atoms with Gasteiger partial charge in [0, 0.05) is 5.56 Å². The Morgan fingerprint density at radius 1 is 1.07 bits per heavy atom. The molecule has 0 saturated carbocycles. The van der Waals surface area contributed by atoms with Gasteiger partial charge in [0.25, 0.3) is 11.9 Å². The second-order valence-electron chi connectivity index (χ2n) is 6.41. The Morgan fingerprint density at radius 3 is 2.41 bits per heavy atom. The molecule has 27 heavy (non-hydrogen) atoms. The van der Waals surface area contributed by atoms with E-state index in [0.717, 1.165) is 11.1 Å². The van der Waals surface area contributed by atoms with Crippen molar-refractivity contribution in [2.45, 2.75) is 20.4 Å². The van der Waals surface area contributed by atoms with Gasteiger partial charge in [0.15, 0.2) is 5.11 Å². The van der Waals surface area contributed by atoms with Crippen molar-refractivity contribution >= 4 is 29.2 Å². The van der Waals surface area contributed by atoms with Crippen molar-refractivity contribution in [2.75, 3.05) is 5.32 Å². The first-order chi connectivity index (χ1) is 13.0. The molecule has 7 nitrogen and oxygen atoms in total. The summed E-state index contributed by atoms with van der Waals surface area (Å²) in [4.78, 5) is 13.8. The molecule has 0 fully saturated rings. The highest BCUT2D eigenvalue weighted by atomic mass is 32.1. The summed E-state index contributed by atoms with van der Waals surface area (Å²) in [6.07, 6.45) is 0. The zero-order valence-corrected chi connectivity index (χ0v) is 15.9. The highest BCUT2D eigenvalue weighted by Gasteiger charge is 2.11. The number of rotatable bonds is 5. The van der Waals surface area contributed by atoms with Crippen LogP contribution in [0.2, 0.25) is 0 Å². The predicted octanol–water partition coefficient (Wildman–Crippen LogP) is 3.12. The molecule has 0 saturated heterocycles. The standard InChI is InChI=1S/C19H20N6OS/c1-13(2)12-25-23-18(22-24-25)21-19(27)20-17(26)16-10-8-15(9-11-16)14-6-4-3-5-7-14/h3-11,13H,12H2,1-2H3,(H2,20,21,23,26,27). The second-order valence-corrected chi connectivity index (χ2v) is 6.82. The van der Waals surface area contributed by atoms with E-state index >= 15 is 0 Å². The van der Waals surface area contributed by atoms with Crippen LogP contribution in [0.4, 0.5) is 5.95 Å². The van der Waals surface area contributed by atoms with Gasteiger partial charge in [-0.25, -0.2) is 0 Å². The Labute approximate surface area is 162 Å². The van der Waals surface area contributed by atoms with E-state index in [1.807, 2.05) is 42.5 Å². The SMILES string of the molecule is CC(C)Cn1nnc(NC(=S)NC(=O)c2ccc(-c3ccccc3)cc2)n1. The summed E-state index contributed by atoms with van der Waals surface area (Å²) < 4.78 is 0. The maximum atomic E-state index is 12.3. The van der Waals surface area contributed by atoms with Gasteiger partial charge < -0.3 is 0 Å². The lowest BCUT2D eigenvalue weighted by Gasteiger charge is -2.07. The summed E-state index contributed by atoms with van der Waals surface area (Å²) in [7, 11) is 0. The van der Waals surface area contributed by atoms with Crippen LogP contribution in [-0.2, 0) is 6.54 Å². The number of nitrogens with one attached hydrogen (secondary N) is 2. The van der Waals surface area contributed by atoms with E-state index < -0.39 is 0 Å². The first kappa shape index (κ1) is 18.7. The fourth-order valence-corrected chi connectivity index (χ4v) is 2.63. The van der Waals surface area contributed by atoms with Crippen molar-refractivity contribution in [3.8, 4) is 11.1 Å². The monoisotopic (exact) mass is 380 g/mol. The van der Waals surface area contributed by atoms with Crippen molar-refractivity contribution < 1.29 is 4.79 Å². The van der Waals surface area contributed by atoms with E-state index in [2.05, 4.69) is 39.9 Å². The van der Waals surface area contributed by atoms with Gasteiger partial charge in [0.05, 0.1) is 6.54 Å². The van der Waals surface area contributed by atoms with E-state index in [4.69, 9.17) is 12.2 Å². The second kappa shape index (κ2) is 8.50. The summed E-state index contributed by atoms with van der Waals surface area (Å²) in [6, 6.07) is 17.3. The van der Waals surface area contributed by atoms with Crippen molar-refractivity contribution in [3.63, 3.8) is 0 Å². The smallest absolute Gasteiger partial charge is 0.269 e. The minimum absolute atomic E-state index is 0.122. The lowest BCUT2D eigenvalue weighted by atomic mass is 10.0. The van der Waals surface area contributed by atoms with Crippen LogP contribution in [-0.4, -0.2) is 31.2 Å². The molecule has 0 radical (unpaired) electrons. The lowest BCUT2D eigenvalue weighted by Crippen LogP contribution is -2.34. The number of amides is 1. The maximum Gasteiger partial charge on any atom is 0.269 e. The number of hydrogen-bond donors (Lipinski definition) is 2. The number of hydrogen-bond acceptors (Lipinski definition) is 5. The van der Waals surface area contributed by atoms with E-state index in [1.54, 1.807) is 12.1 Å². The first-order valence-corrected chi connectivity index (χ1v) is 8.97. The van der Waals surface area contributed by atoms with Crippen molar-refractivity contribution in [1.29, 1.82) is 0 Å². The molecule has 0 spiro atoms. The number of nitrogens with zero attached hydrogens (tertiary/aromatic N) is 4. The Hall–Kier alpha value is -3.13. The van der Waals surface area contributed by atoms with E-state index in [9.17, 15) is 4.79 Å².